The SMILES string of the molecule is CCn1nccc1C(O)Cc1ccc(Cl)s1. The Morgan fingerprint density at radius 3 is 2.94 bits per heavy atom. The molecule has 2 rings (SSSR count). The van der Waals surface area contributed by atoms with E-state index in [-0.39, 0.29) is 0 Å². The molecule has 0 saturated carbocycles. The molecule has 0 aliphatic rings. The highest BCUT2D eigenvalue weighted by Crippen LogP contribution is 2.26. The summed E-state index contributed by atoms with van der Waals surface area (Å²) < 4.78 is 2.56. The van der Waals surface area contributed by atoms with E-state index < -0.39 is 6.10 Å². The number of halogens is 1. The summed E-state index contributed by atoms with van der Waals surface area (Å²) in [5.74, 6) is 0. The number of aliphatic hydroxyl groups is 1. The largest absolute Gasteiger partial charge is 0.386 e. The summed E-state index contributed by atoms with van der Waals surface area (Å²) >= 11 is 7.35. The van der Waals surface area contributed by atoms with E-state index in [9.17, 15) is 5.11 Å². The molecule has 86 valence electrons. The second-order valence-corrected chi connectivity index (χ2v) is 5.30. The Balaban J connectivity index is 2.11. The number of hydrogen-bond acceptors (Lipinski definition) is 3. The van der Waals surface area contributed by atoms with Crippen LogP contribution in [0.2, 0.25) is 4.34 Å². The molecule has 0 bridgehead atoms. The smallest absolute Gasteiger partial charge is 0.100 e. The van der Waals surface area contributed by atoms with Gasteiger partial charge < -0.3 is 5.11 Å². The zero-order chi connectivity index (χ0) is 11.5. The Bertz CT molecular complexity index is 466. The van der Waals surface area contributed by atoms with E-state index >= 15 is 0 Å². The van der Waals surface area contributed by atoms with Crippen molar-refractivity contribution in [2.45, 2.75) is 26.0 Å². The van der Waals surface area contributed by atoms with Gasteiger partial charge >= 0.3 is 0 Å². The molecular formula is C11H13ClN2OS. The van der Waals surface area contributed by atoms with Gasteiger partial charge in [0.1, 0.15) is 6.10 Å². The van der Waals surface area contributed by atoms with E-state index in [2.05, 4.69) is 5.10 Å². The minimum atomic E-state index is -0.517. The lowest BCUT2D eigenvalue weighted by Crippen LogP contribution is -2.09. The average molecular weight is 257 g/mol. The Kier molecular flexibility index (Phi) is 3.63. The van der Waals surface area contributed by atoms with E-state index in [4.69, 9.17) is 11.6 Å². The van der Waals surface area contributed by atoms with Gasteiger partial charge in [0.05, 0.1) is 10.0 Å². The van der Waals surface area contributed by atoms with Gasteiger partial charge in [-0.1, -0.05) is 11.6 Å². The van der Waals surface area contributed by atoms with Crippen LogP contribution in [0.4, 0.5) is 0 Å². The number of thiophene rings is 1. The molecule has 0 saturated heterocycles. The van der Waals surface area contributed by atoms with Gasteiger partial charge in [-0.25, -0.2) is 0 Å². The van der Waals surface area contributed by atoms with Crippen LogP contribution in [0.1, 0.15) is 23.6 Å². The van der Waals surface area contributed by atoms with Gasteiger partial charge in [0, 0.05) is 24.0 Å². The maximum atomic E-state index is 10.1. The van der Waals surface area contributed by atoms with E-state index in [1.54, 1.807) is 10.9 Å². The highest BCUT2D eigenvalue weighted by atomic mass is 35.5. The molecule has 0 aliphatic carbocycles. The first-order chi connectivity index (χ1) is 7.70. The van der Waals surface area contributed by atoms with Crippen LogP contribution in [0.3, 0.4) is 0 Å². The summed E-state index contributed by atoms with van der Waals surface area (Å²) in [5, 5.41) is 14.2. The first-order valence-electron chi connectivity index (χ1n) is 5.14. The third kappa shape index (κ3) is 2.45. The standard InChI is InChI=1S/C11H13ClN2OS/c1-2-14-9(5-6-13-14)10(15)7-8-3-4-11(12)16-8/h3-6,10,15H,2,7H2,1H3. The summed E-state index contributed by atoms with van der Waals surface area (Å²) in [5.41, 5.74) is 0.854. The summed E-state index contributed by atoms with van der Waals surface area (Å²) in [6, 6.07) is 5.65. The minimum absolute atomic E-state index is 0.517. The molecular weight excluding hydrogens is 244 g/mol. The Morgan fingerprint density at radius 2 is 2.31 bits per heavy atom. The van der Waals surface area contributed by atoms with Crippen molar-refractivity contribution < 1.29 is 5.11 Å². The molecule has 2 aromatic rings. The van der Waals surface area contributed by atoms with Gasteiger partial charge in [-0.2, -0.15) is 5.10 Å². The Labute approximate surface area is 103 Å². The molecule has 16 heavy (non-hydrogen) atoms. The molecule has 0 fully saturated rings. The topological polar surface area (TPSA) is 38.0 Å². The summed E-state index contributed by atoms with van der Waals surface area (Å²) in [6.07, 6.45) is 1.78. The molecule has 1 unspecified atom stereocenters. The van der Waals surface area contributed by atoms with Gasteiger partial charge in [0.15, 0.2) is 0 Å². The molecule has 0 radical (unpaired) electrons. The quantitative estimate of drug-likeness (QED) is 0.914. The average Bonchev–Trinajstić information content (AvgIpc) is 2.86. The van der Waals surface area contributed by atoms with Crippen molar-refractivity contribution in [3.05, 3.63) is 39.3 Å². The normalized spacial score (nSPS) is 12.9. The van der Waals surface area contributed by atoms with Crippen molar-refractivity contribution in [3.63, 3.8) is 0 Å². The number of aryl methyl sites for hydroxylation is 1. The fourth-order valence-corrected chi connectivity index (χ4v) is 2.77. The van der Waals surface area contributed by atoms with Crippen LogP contribution in [-0.4, -0.2) is 14.9 Å². The van der Waals surface area contributed by atoms with Crippen molar-refractivity contribution in [2.24, 2.45) is 0 Å². The first kappa shape index (κ1) is 11.6. The van der Waals surface area contributed by atoms with E-state index in [1.165, 1.54) is 11.3 Å². The third-order valence-corrected chi connectivity index (χ3v) is 3.67. The van der Waals surface area contributed by atoms with Crippen molar-refractivity contribution in [1.29, 1.82) is 0 Å². The van der Waals surface area contributed by atoms with Gasteiger partial charge in [-0.15, -0.1) is 11.3 Å². The highest BCUT2D eigenvalue weighted by molar-refractivity contribution is 7.16. The fraction of sp³-hybridized carbons (Fsp3) is 0.364. The molecule has 3 nitrogen and oxygen atoms in total. The monoisotopic (exact) mass is 256 g/mol. The van der Waals surface area contributed by atoms with Crippen molar-refractivity contribution >= 4 is 22.9 Å². The summed E-state index contributed by atoms with van der Waals surface area (Å²) in [7, 11) is 0. The number of nitrogens with zero attached hydrogens (tertiary/aromatic N) is 2. The van der Waals surface area contributed by atoms with E-state index in [0.29, 0.717) is 6.42 Å². The molecule has 2 aromatic heterocycles. The Morgan fingerprint density at radius 1 is 1.50 bits per heavy atom. The zero-order valence-corrected chi connectivity index (χ0v) is 10.5. The van der Waals surface area contributed by atoms with Gasteiger partial charge in [0.2, 0.25) is 0 Å². The molecule has 0 amide bonds. The van der Waals surface area contributed by atoms with Crippen molar-refractivity contribution in [3.8, 4) is 0 Å². The lowest BCUT2D eigenvalue weighted by Gasteiger charge is -2.11. The first-order valence-corrected chi connectivity index (χ1v) is 6.34. The van der Waals surface area contributed by atoms with Crippen LogP contribution in [0.15, 0.2) is 24.4 Å². The number of hydrogen-bond donors (Lipinski definition) is 1. The predicted octanol–water partition coefficient (Wildman–Crippen LogP) is 2.89. The van der Waals surface area contributed by atoms with Crippen LogP contribution in [0.5, 0.6) is 0 Å². The van der Waals surface area contributed by atoms with E-state index in [0.717, 1.165) is 21.5 Å². The van der Waals surface area contributed by atoms with Crippen molar-refractivity contribution in [1.82, 2.24) is 9.78 Å². The molecule has 1 atom stereocenters. The number of rotatable bonds is 4. The van der Waals surface area contributed by atoms with E-state index in [1.807, 2.05) is 25.1 Å². The van der Waals surface area contributed by atoms with Gasteiger partial charge in [-0.05, 0) is 25.1 Å². The molecule has 5 heteroatoms. The van der Waals surface area contributed by atoms with Crippen LogP contribution in [0.25, 0.3) is 0 Å². The summed E-state index contributed by atoms with van der Waals surface area (Å²) in [6.45, 7) is 2.77. The zero-order valence-electron chi connectivity index (χ0n) is 8.93. The maximum absolute atomic E-state index is 10.1. The second kappa shape index (κ2) is 4.99. The van der Waals surface area contributed by atoms with Crippen molar-refractivity contribution in [2.75, 3.05) is 0 Å². The summed E-state index contributed by atoms with van der Waals surface area (Å²) in [4.78, 5) is 1.08. The molecule has 0 spiro atoms. The fourth-order valence-electron chi connectivity index (χ4n) is 1.65. The molecule has 0 aliphatic heterocycles. The lowest BCUT2D eigenvalue weighted by atomic mass is 10.1. The lowest BCUT2D eigenvalue weighted by molar-refractivity contribution is 0.168. The predicted molar refractivity (Wildman–Crippen MR) is 65.9 cm³/mol. The number of aliphatic hydroxyl groups excluding tert-OH is 1. The molecule has 1 N–H and O–H groups in total. The Hall–Kier alpha value is -0.840. The number of aromatic nitrogens is 2. The highest BCUT2D eigenvalue weighted by Gasteiger charge is 2.14. The molecule has 0 aromatic carbocycles. The van der Waals surface area contributed by atoms with Crippen LogP contribution in [-0.2, 0) is 13.0 Å². The second-order valence-electron chi connectivity index (χ2n) is 3.50. The van der Waals surface area contributed by atoms with Crippen LogP contribution < -0.4 is 0 Å². The minimum Gasteiger partial charge on any atom is -0.386 e. The van der Waals surface area contributed by atoms with Crippen LogP contribution >= 0.6 is 22.9 Å². The maximum Gasteiger partial charge on any atom is 0.100 e. The third-order valence-electron chi connectivity index (χ3n) is 2.41. The van der Waals surface area contributed by atoms with Crippen LogP contribution in [0, 0.1) is 0 Å². The van der Waals surface area contributed by atoms with Gasteiger partial charge in [-0.3, -0.25) is 4.68 Å². The van der Waals surface area contributed by atoms with Gasteiger partial charge in [0.25, 0.3) is 0 Å². The molecule has 2 heterocycles.